The van der Waals surface area contributed by atoms with Crippen molar-refractivity contribution in [2.75, 3.05) is 27.2 Å². The zero-order valence-electron chi connectivity index (χ0n) is 12.2. The van der Waals surface area contributed by atoms with Gasteiger partial charge in [0, 0.05) is 12.6 Å². The fourth-order valence-electron chi connectivity index (χ4n) is 2.26. The van der Waals surface area contributed by atoms with Gasteiger partial charge in [0.05, 0.1) is 7.11 Å². The van der Waals surface area contributed by atoms with Gasteiger partial charge in [-0.15, -0.1) is 0 Å². The normalized spacial score (nSPS) is 14.9. The smallest absolute Gasteiger partial charge is 0.119 e. The number of benzene rings is 1. The highest BCUT2D eigenvalue weighted by molar-refractivity contribution is 5.28. The van der Waals surface area contributed by atoms with E-state index in [-0.39, 0.29) is 0 Å². The van der Waals surface area contributed by atoms with Gasteiger partial charge in [-0.05, 0) is 63.5 Å². The van der Waals surface area contributed by atoms with Gasteiger partial charge in [-0.25, -0.2) is 0 Å². The minimum absolute atomic E-state index is 0.842. The molecule has 106 valence electrons. The summed E-state index contributed by atoms with van der Waals surface area (Å²) in [6.45, 7) is 3.33. The Labute approximate surface area is 116 Å². The summed E-state index contributed by atoms with van der Waals surface area (Å²) in [7, 11) is 3.91. The van der Waals surface area contributed by atoms with Crippen LogP contribution in [-0.4, -0.2) is 38.2 Å². The van der Waals surface area contributed by atoms with Crippen LogP contribution in [0.2, 0.25) is 0 Å². The third kappa shape index (κ3) is 5.62. The van der Waals surface area contributed by atoms with Crippen molar-refractivity contribution in [2.45, 2.75) is 38.3 Å². The lowest BCUT2D eigenvalue weighted by Gasteiger charge is -2.17. The van der Waals surface area contributed by atoms with Gasteiger partial charge in [0.2, 0.25) is 0 Å². The maximum absolute atomic E-state index is 5.25. The number of nitrogens with one attached hydrogen (secondary N) is 1. The Balaban J connectivity index is 1.60. The highest BCUT2D eigenvalue weighted by Gasteiger charge is 2.19. The Morgan fingerprint density at radius 3 is 2.89 bits per heavy atom. The molecule has 1 fully saturated rings. The van der Waals surface area contributed by atoms with Crippen LogP contribution in [0, 0.1) is 0 Å². The summed E-state index contributed by atoms with van der Waals surface area (Å²) in [5.74, 6) is 0.944. The van der Waals surface area contributed by atoms with Crippen LogP contribution in [0.3, 0.4) is 0 Å². The first-order valence-electron chi connectivity index (χ1n) is 7.33. The van der Waals surface area contributed by atoms with Gasteiger partial charge in [0.15, 0.2) is 0 Å². The molecule has 0 aromatic heterocycles. The highest BCUT2D eigenvalue weighted by atomic mass is 16.5. The second-order valence-corrected chi connectivity index (χ2v) is 5.52. The highest BCUT2D eigenvalue weighted by Crippen LogP contribution is 2.18. The molecule has 1 saturated carbocycles. The zero-order valence-corrected chi connectivity index (χ0v) is 12.2. The Bertz CT molecular complexity index is 377. The molecule has 3 nitrogen and oxygen atoms in total. The zero-order chi connectivity index (χ0) is 13.5. The lowest BCUT2D eigenvalue weighted by Crippen LogP contribution is -2.22. The maximum atomic E-state index is 5.25. The largest absolute Gasteiger partial charge is 0.497 e. The Hall–Kier alpha value is -1.06. The van der Waals surface area contributed by atoms with Crippen molar-refractivity contribution in [2.24, 2.45) is 0 Å². The van der Waals surface area contributed by atoms with Crippen LogP contribution < -0.4 is 10.1 Å². The fraction of sp³-hybridized carbons (Fsp3) is 0.625. The van der Waals surface area contributed by atoms with Crippen molar-refractivity contribution in [3.8, 4) is 5.75 Å². The van der Waals surface area contributed by atoms with Crippen LogP contribution in [0.15, 0.2) is 24.3 Å². The van der Waals surface area contributed by atoms with Crippen LogP contribution in [0.5, 0.6) is 5.75 Å². The number of nitrogens with zero attached hydrogens (tertiary/aromatic N) is 1. The molecule has 19 heavy (non-hydrogen) atoms. The number of hydrogen-bond donors (Lipinski definition) is 1. The second kappa shape index (κ2) is 7.51. The summed E-state index contributed by atoms with van der Waals surface area (Å²) in [5, 5.41) is 3.56. The molecule has 0 heterocycles. The van der Waals surface area contributed by atoms with E-state index in [1.54, 1.807) is 7.11 Å². The van der Waals surface area contributed by atoms with E-state index in [1.165, 1.54) is 37.8 Å². The third-order valence-corrected chi connectivity index (χ3v) is 3.56. The third-order valence-electron chi connectivity index (χ3n) is 3.56. The van der Waals surface area contributed by atoms with Crippen LogP contribution in [-0.2, 0) is 6.54 Å². The van der Waals surface area contributed by atoms with Crippen molar-refractivity contribution < 1.29 is 4.74 Å². The van der Waals surface area contributed by atoms with Gasteiger partial charge in [-0.3, -0.25) is 0 Å². The molecule has 2 rings (SSSR count). The topological polar surface area (TPSA) is 24.5 Å². The van der Waals surface area contributed by atoms with E-state index in [2.05, 4.69) is 35.5 Å². The van der Waals surface area contributed by atoms with Gasteiger partial charge in [-0.2, -0.15) is 0 Å². The lowest BCUT2D eigenvalue weighted by molar-refractivity contribution is 0.317. The predicted molar refractivity (Wildman–Crippen MR) is 79.6 cm³/mol. The molecule has 0 atom stereocenters. The van der Waals surface area contributed by atoms with Gasteiger partial charge >= 0.3 is 0 Å². The Kier molecular flexibility index (Phi) is 5.67. The minimum atomic E-state index is 0.842. The van der Waals surface area contributed by atoms with Crippen molar-refractivity contribution >= 4 is 0 Å². The van der Waals surface area contributed by atoms with Gasteiger partial charge < -0.3 is 15.0 Å². The number of hydrogen-bond acceptors (Lipinski definition) is 3. The summed E-state index contributed by atoms with van der Waals surface area (Å²) in [4.78, 5) is 2.38. The lowest BCUT2D eigenvalue weighted by atomic mass is 10.2. The molecule has 1 aromatic carbocycles. The number of methoxy groups -OCH3 is 1. The first kappa shape index (κ1) is 14.4. The molecule has 0 amide bonds. The molecule has 1 N–H and O–H groups in total. The minimum Gasteiger partial charge on any atom is -0.497 e. The van der Waals surface area contributed by atoms with E-state index in [0.29, 0.717) is 0 Å². The second-order valence-electron chi connectivity index (χ2n) is 5.52. The predicted octanol–water partition coefficient (Wildman–Crippen LogP) is 2.66. The quantitative estimate of drug-likeness (QED) is 0.692. The number of ether oxygens (including phenoxy) is 1. The summed E-state index contributed by atoms with van der Waals surface area (Å²) in [6.07, 6.45) is 5.31. The van der Waals surface area contributed by atoms with Crippen LogP contribution >= 0.6 is 0 Å². The molecule has 0 saturated heterocycles. The standard InChI is InChI=1S/C16H26N2O/c1-18(11-4-3-10-17-15-8-9-15)13-14-6-5-7-16(12-14)19-2/h5-7,12,15,17H,3-4,8-11,13H2,1-2H3. The first-order valence-corrected chi connectivity index (χ1v) is 7.33. The van der Waals surface area contributed by atoms with E-state index in [1.807, 2.05) is 6.07 Å². The number of unbranched alkanes of at least 4 members (excludes halogenated alkanes) is 1. The average molecular weight is 262 g/mol. The molecule has 1 aliphatic carbocycles. The summed E-state index contributed by atoms with van der Waals surface area (Å²) >= 11 is 0. The molecular formula is C16H26N2O. The molecule has 3 heteroatoms. The monoisotopic (exact) mass is 262 g/mol. The first-order chi connectivity index (χ1) is 9.28. The van der Waals surface area contributed by atoms with Crippen molar-refractivity contribution in [3.05, 3.63) is 29.8 Å². The summed E-state index contributed by atoms with van der Waals surface area (Å²) in [5.41, 5.74) is 1.32. The molecular weight excluding hydrogens is 236 g/mol. The SMILES string of the molecule is COc1cccc(CN(C)CCCCNC2CC2)c1. The molecule has 1 aromatic rings. The summed E-state index contributed by atoms with van der Waals surface area (Å²) in [6, 6.07) is 9.17. The van der Waals surface area contributed by atoms with E-state index in [4.69, 9.17) is 4.74 Å². The van der Waals surface area contributed by atoms with E-state index in [9.17, 15) is 0 Å². The van der Waals surface area contributed by atoms with Crippen molar-refractivity contribution in [1.82, 2.24) is 10.2 Å². The van der Waals surface area contributed by atoms with Gasteiger partial charge in [-0.1, -0.05) is 12.1 Å². The van der Waals surface area contributed by atoms with E-state index >= 15 is 0 Å². The van der Waals surface area contributed by atoms with Crippen molar-refractivity contribution in [3.63, 3.8) is 0 Å². The average Bonchev–Trinajstić information content (AvgIpc) is 3.22. The molecule has 0 aliphatic heterocycles. The Morgan fingerprint density at radius 2 is 2.16 bits per heavy atom. The van der Waals surface area contributed by atoms with Gasteiger partial charge in [0.25, 0.3) is 0 Å². The molecule has 0 spiro atoms. The molecule has 0 unspecified atom stereocenters. The summed E-state index contributed by atoms with van der Waals surface area (Å²) < 4.78 is 5.25. The number of rotatable bonds is 9. The Morgan fingerprint density at radius 1 is 1.32 bits per heavy atom. The fourth-order valence-corrected chi connectivity index (χ4v) is 2.26. The van der Waals surface area contributed by atoms with Crippen LogP contribution in [0.4, 0.5) is 0 Å². The maximum Gasteiger partial charge on any atom is 0.119 e. The van der Waals surface area contributed by atoms with Gasteiger partial charge in [0.1, 0.15) is 5.75 Å². The van der Waals surface area contributed by atoms with Crippen molar-refractivity contribution in [1.29, 1.82) is 0 Å². The van der Waals surface area contributed by atoms with Crippen LogP contribution in [0.25, 0.3) is 0 Å². The molecule has 0 bridgehead atoms. The van der Waals surface area contributed by atoms with Crippen LogP contribution in [0.1, 0.15) is 31.2 Å². The molecule has 0 radical (unpaired) electrons. The van der Waals surface area contributed by atoms with E-state index in [0.717, 1.165) is 24.9 Å². The molecule has 1 aliphatic rings. The van der Waals surface area contributed by atoms with E-state index < -0.39 is 0 Å².